The summed E-state index contributed by atoms with van der Waals surface area (Å²) < 4.78 is 2.20. The van der Waals surface area contributed by atoms with Gasteiger partial charge in [0.05, 0.1) is 11.3 Å². The Balaban J connectivity index is 1.44. The molecule has 1 aromatic carbocycles. The van der Waals surface area contributed by atoms with E-state index in [0.717, 1.165) is 37.5 Å². The highest BCUT2D eigenvalue weighted by Crippen LogP contribution is 2.37. The predicted molar refractivity (Wildman–Crippen MR) is 93.9 cm³/mol. The van der Waals surface area contributed by atoms with E-state index in [1.54, 1.807) is 11.8 Å². The van der Waals surface area contributed by atoms with Crippen molar-refractivity contribution in [3.63, 3.8) is 0 Å². The van der Waals surface area contributed by atoms with Crippen molar-refractivity contribution in [2.75, 3.05) is 0 Å². The van der Waals surface area contributed by atoms with Crippen LogP contribution >= 0.6 is 11.8 Å². The van der Waals surface area contributed by atoms with Gasteiger partial charge in [-0.3, -0.25) is 4.79 Å². The number of benzene rings is 1. The lowest BCUT2D eigenvalue weighted by Crippen LogP contribution is -2.35. The summed E-state index contributed by atoms with van der Waals surface area (Å²) in [6.07, 6.45) is 5.36. The Morgan fingerprint density at radius 2 is 2.17 bits per heavy atom. The molecule has 0 aliphatic carbocycles. The van der Waals surface area contributed by atoms with Crippen molar-refractivity contribution in [3.8, 4) is 0 Å². The molecule has 5 nitrogen and oxygen atoms in total. The van der Waals surface area contributed by atoms with Gasteiger partial charge in [-0.2, -0.15) is 0 Å². The van der Waals surface area contributed by atoms with Gasteiger partial charge in [0.2, 0.25) is 5.91 Å². The van der Waals surface area contributed by atoms with Gasteiger partial charge in [-0.15, -0.1) is 22.0 Å². The number of rotatable bonds is 3. The maximum Gasteiger partial charge on any atom is 0.234 e. The van der Waals surface area contributed by atoms with Gasteiger partial charge in [-0.1, -0.05) is 24.6 Å². The Labute approximate surface area is 146 Å². The highest BCUT2D eigenvalue weighted by atomic mass is 32.2. The van der Waals surface area contributed by atoms with E-state index in [4.69, 9.17) is 0 Å². The number of aryl methyl sites for hydroxylation is 1. The Hall–Kier alpha value is -1.82. The molecule has 1 aromatic heterocycles. The zero-order valence-corrected chi connectivity index (χ0v) is 14.7. The van der Waals surface area contributed by atoms with Crippen LogP contribution in [0.4, 0.5) is 0 Å². The van der Waals surface area contributed by atoms with Gasteiger partial charge in [0.1, 0.15) is 5.82 Å². The monoisotopic (exact) mass is 342 g/mol. The van der Waals surface area contributed by atoms with Gasteiger partial charge in [-0.25, -0.2) is 0 Å². The Morgan fingerprint density at radius 3 is 3.04 bits per heavy atom. The molecule has 126 valence electrons. The third kappa shape index (κ3) is 2.95. The third-order valence-electron chi connectivity index (χ3n) is 4.82. The molecular formula is C18H22N4OS. The maximum absolute atomic E-state index is 12.7. The number of fused-ring (bicyclic) bond motifs is 2. The van der Waals surface area contributed by atoms with Crippen LogP contribution in [0.2, 0.25) is 0 Å². The molecule has 0 spiro atoms. The van der Waals surface area contributed by atoms with E-state index in [2.05, 4.69) is 32.2 Å². The van der Waals surface area contributed by atoms with E-state index in [-0.39, 0.29) is 17.2 Å². The van der Waals surface area contributed by atoms with E-state index in [0.29, 0.717) is 0 Å². The minimum atomic E-state index is -0.110. The number of amides is 1. The lowest BCUT2D eigenvalue weighted by molar-refractivity contribution is -0.121. The molecule has 0 bridgehead atoms. The van der Waals surface area contributed by atoms with Crippen LogP contribution in [0.15, 0.2) is 29.2 Å². The summed E-state index contributed by atoms with van der Waals surface area (Å²) >= 11 is 1.66. The maximum atomic E-state index is 12.7. The van der Waals surface area contributed by atoms with Crippen molar-refractivity contribution in [2.45, 2.75) is 61.8 Å². The van der Waals surface area contributed by atoms with Crippen LogP contribution in [0.5, 0.6) is 0 Å². The Kier molecular flexibility index (Phi) is 4.31. The molecule has 2 atom stereocenters. The second-order valence-electron chi connectivity index (χ2n) is 6.59. The van der Waals surface area contributed by atoms with Crippen molar-refractivity contribution in [3.05, 3.63) is 41.5 Å². The van der Waals surface area contributed by atoms with Crippen LogP contribution in [0.25, 0.3) is 0 Å². The van der Waals surface area contributed by atoms with Crippen molar-refractivity contribution < 1.29 is 4.79 Å². The fraction of sp³-hybridized carbons (Fsp3) is 0.500. The van der Waals surface area contributed by atoms with E-state index >= 15 is 0 Å². The quantitative estimate of drug-likeness (QED) is 0.932. The number of hydrogen-bond donors (Lipinski definition) is 1. The van der Waals surface area contributed by atoms with Gasteiger partial charge >= 0.3 is 0 Å². The minimum Gasteiger partial charge on any atom is -0.345 e. The summed E-state index contributed by atoms with van der Waals surface area (Å²) in [5.41, 5.74) is 1.27. The summed E-state index contributed by atoms with van der Waals surface area (Å²) in [5, 5.41) is 11.8. The molecule has 3 heterocycles. The van der Waals surface area contributed by atoms with Crippen molar-refractivity contribution in [2.24, 2.45) is 0 Å². The summed E-state index contributed by atoms with van der Waals surface area (Å²) in [4.78, 5) is 13.9. The number of carbonyl (C=O) groups excluding carboxylic acids is 1. The molecule has 4 rings (SSSR count). The number of carbonyl (C=O) groups is 1. The van der Waals surface area contributed by atoms with Crippen LogP contribution in [-0.4, -0.2) is 25.9 Å². The highest BCUT2D eigenvalue weighted by molar-refractivity contribution is 8.01. The normalized spacial score (nSPS) is 20.8. The lowest BCUT2D eigenvalue weighted by Gasteiger charge is -2.17. The molecule has 0 unspecified atom stereocenters. The SMILES string of the molecule is C[C@H](NC(=O)[C@H]1Cc2ccccc2S1)c1nnc2n1CCCCC2. The van der Waals surface area contributed by atoms with Crippen molar-refractivity contribution in [1.82, 2.24) is 20.1 Å². The highest BCUT2D eigenvalue weighted by Gasteiger charge is 2.30. The predicted octanol–water partition coefficient (Wildman–Crippen LogP) is 2.90. The Bertz CT molecular complexity index is 732. The zero-order valence-electron chi connectivity index (χ0n) is 13.9. The summed E-state index contributed by atoms with van der Waals surface area (Å²) in [7, 11) is 0. The van der Waals surface area contributed by atoms with Gasteiger partial charge in [0.25, 0.3) is 0 Å². The molecule has 2 aliphatic heterocycles. The molecule has 1 amide bonds. The molecule has 2 aromatic rings. The van der Waals surface area contributed by atoms with Gasteiger partial charge in [0.15, 0.2) is 5.82 Å². The van der Waals surface area contributed by atoms with Crippen molar-refractivity contribution >= 4 is 17.7 Å². The van der Waals surface area contributed by atoms with Crippen LogP contribution in [0, 0.1) is 0 Å². The molecular weight excluding hydrogens is 320 g/mol. The average Bonchev–Trinajstić information content (AvgIpc) is 3.12. The first-order valence-electron chi connectivity index (χ1n) is 8.69. The van der Waals surface area contributed by atoms with Crippen molar-refractivity contribution in [1.29, 1.82) is 0 Å². The molecule has 0 fully saturated rings. The molecule has 2 aliphatic rings. The first-order valence-corrected chi connectivity index (χ1v) is 9.57. The molecule has 1 N–H and O–H groups in total. The van der Waals surface area contributed by atoms with E-state index in [1.165, 1.54) is 23.3 Å². The molecule has 6 heteroatoms. The molecule has 24 heavy (non-hydrogen) atoms. The topological polar surface area (TPSA) is 59.8 Å². The number of aromatic nitrogens is 3. The van der Waals surface area contributed by atoms with Gasteiger partial charge in [-0.05, 0) is 37.8 Å². The number of hydrogen-bond acceptors (Lipinski definition) is 4. The average molecular weight is 342 g/mol. The molecule has 0 saturated carbocycles. The van der Waals surface area contributed by atoms with Crippen LogP contribution in [0.1, 0.15) is 49.4 Å². The summed E-state index contributed by atoms with van der Waals surface area (Å²) in [5.74, 6) is 2.04. The van der Waals surface area contributed by atoms with Crippen LogP contribution in [0.3, 0.4) is 0 Å². The van der Waals surface area contributed by atoms with Gasteiger partial charge in [0, 0.05) is 17.9 Å². The summed E-state index contributed by atoms with van der Waals surface area (Å²) in [6.45, 7) is 2.97. The van der Waals surface area contributed by atoms with Gasteiger partial charge < -0.3 is 9.88 Å². The number of nitrogens with one attached hydrogen (secondary N) is 1. The fourth-order valence-electron chi connectivity index (χ4n) is 3.53. The minimum absolute atomic E-state index is 0.0450. The zero-order chi connectivity index (χ0) is 16.5. The molecule has 0 radical (unpaired) electrons. The second-order valence-corrected chi connectivity index (χ2v) is 7.83. The van der Waals surface area contributed by atoms with Crippen LogP contribution in [-0.2, 0) is 24.2 Å². The standard InChI is InChI=1S/C18H22N4OS/c1-12(17-21-20-16-9-3-2-6-10-22(16)17)19-18(23)15-11-13-7-4-5-8-14(13)24-15/h4-5,7-8,12,15H,2-3,6,9-11H2,1H3,(H,19,23)/t12-,15+/m0/s1. The first kappa shape index (κ1) is 15.7. The van der Waals surface area contributed by atoms with E-state index in [1.807, 2.05) is 19.1 Å². The smallest absolute Gasteiger partial charge is 0.234 e. The van der Waals surface area contributed by atoms with E-state index in [9.17, 15) is 4.79 Å². The first-order chi connectivity index (χ1) is 11.7. The largest absolute Gasteiger partial charge is 0.345 e. The fourth-order valence-corrected chi connectivity index (χ4v) is 4.73. The molecule has 0 saturated heterocycles. The Morgan fingerprint density at radius 1 is 1.29 bits per heavy atom. The number of thioether (sulfide) groups is 1. The van der Waals surface area contributed by atoms with Crippen LogP contribution < -0.4 is 5.32 Å². The lowest BCUT2D eigenvalue weighted by atomic mass is 10.1. The third-order valence-corrected chi connectivity index (χ3v) is 6.14. The number of nitrogens with zero attached hydrogens (tertiary/aromatic N) is 3. The second kappa shape index (κ2) is 6.59. The summed E-state index contributed by atoms with van der Waals surface area (Å²) in [6, 6.07) is 8.15. The van der Waals surface area contributed by atoms with E-state index < -0.39 is 0 Å².